The number of pyridine rings is 1. The Morgan fingerprint density at radius 3 is 2.76 bits per heavy atom. The third-order valence-corrected chi connectivity index (χ3v) is 4.47. The summed E-state index contributed by atoms with van der Waals surface area (Å²) in [6.45, 7) is 2.04. The van der Waals surface area contributed by atoms with Crippen LogP contribution in [0.15, 0.2) is 54.7 Å². The Morgan fingerprint density at radius 1 is 1.14 bits per heavy atom. The summed E-state index contributed by atoms with van der Waals surface area (Å²) in [5, 5.41) is 3.90. The number of aryl methyl sites for hydroxylation is 1. The van der Waals surface area contributed by atoms with Gasteiger partial charge in [-0.05, 0) is 59.3 Å². The molecule has 0 aliphatic carbocycles. The molecule has 0 aliphatic heterocycles. The van der Waals surface area contributed by atoms with E-state index >= 15 is 0 Å². The quantitative estimate of drug-likeness (QED) is 0.662. The molecule has 3 nitrogen and oxygen atoms in total. The number of hydrogen-bond acceptors (Lipinski definition) is 2. The third kappa shape index (κ3) is 2.90. The van der Waals surface area contributed by atoms with Gasteiger partial charge in [0.2, 0.25) is 0 Å². The lowest BCUT2D eigenvalue weighted by molar-refractivity contribution is 0.102. The van der Waals surface area contributed by atoms with Crippen molar-refractivity contribution in [2.75, 3.05) is 5.32 Å². The average Bonchev–Trinajstić information content (AvgIpc) is 2.50. The highest BCUT2D eigenvalue weighted by molar-refractivity contribution is 14.1. The van der Waals surface area contributed by atoms with Crippen LogP contribution in [0.3, 0.4) is 0 Å². The first-order chi connectivity index (χ1) is 10.1. The Balaban J connectivity index is 1.95. The number of carbonyl (C=O) groups excluding carboxylic acids is 1. The normalized spacial score (nSPS) is 10.6. The SMILES string of the molecule is Cc1ccc(NC(=O)c2cccc3cccnc23)cc1I. The highest BCUT2D eigenvalue weighted by Crippen LogP contribution is 2.20. The van der Waals surface area contributed by atoms with Gasteiger partial charge in [-0.25, -0.2) is 0 Å². The van der Waals surface area contributed by atoms with Crippen LogP contribution in [0, 0.1) is 10.5 Å². The zero-order chi connectivity index (χ0) is 14.8. The molecule has 0 spiro atoms. The van der Waals surface area contributed by atoms with Crippen molar-refractivity contribution in [2.45, 2.75) is 6.92 Å². The van der Waals surface area contributed by atoms with Gasteiger partial charge in [-0.3, -0.25) is 9.78 Å². The molecule has 4 heteroatoms. The van der Waals surface area contributed by atoms with E-state index in [2.05, 4.69) is 32.9 Å². The minimum Gasteiger partial charge on any atom is -0.322 e. The molecule has 104 valence electrons. The lowest BCUT2D eigenvalue weighted by atomic mass is 10.1. The summed E-state index contributed by atoms with van der Waals surface area (Å²) in [6, 6.07) is 15.3. The van der Waals surface area contributed by atoms with Crippen molar-refractivity contribution in [3.8, 4) is 0 Å². The van der Waals surface area contributed by atoms with Crippen molar-refractivity contribution in [2.24, 2.45) is 0 Å². The number of fused-ring (bicyclic) bond motifs is 1. The minimum atomic E-state index is -0.140. The summed E-state index contributed by atoms with van der Waals surface area (Å²) in [5.74, 6) is -0.140. The van der Waals surface area contributed by atoms with Gasteiger partial charge < -0.3 is 5.32 Å². The number of para-hydroxylation sites is 1. The number of benzene rings is 2. The van der Waals surface area contributed by atoms with Crippen molar-refractivity contribution >= 4 is 45.1 Å². The molecule has 0 atom stereocenters. The Hall–Kier alpha value is -1.95. The smallest absolute Gasteiger partial charge is 0.257 e. The molecule has 0 bridgehead atoms. The molecule has 0 saturated carbocycles. The van der Waals surface area contributed by atoms with Crippen LogP contribution in [-0.2, 0) is 0 Å². The fourth-order valence-electron chi connectivity index (χ4n) is 2.16. The van der Waals surface area contributed by atoms with Crippen LogP contribution in [0.2, 0.25) is 0 Å². The summed E-state index contributed by atoms with van der Waals surface area (Å²) in [4.78, 5) is 16.8. The van der Waals surface area contributed by atoms with Crippen LogP contribution < -0.4 is 5.32 Å². The van der Waals surface area contributed by atoms with Gasteiger partial charge in [0.1, 0.15) is 0 Å². The largest absolute Gasteiger partial charge is 0.322 e. The monoisotopic (exact) mass is 388 g/mol. The van der Waals surface area contributed by atoms with Crippen molar-refractivity contribution in [3.05, 3.63) is 69.4 Å². The number of anilines is 1. The van der Waals surface area contributed by atoms with E-state index in [9.17, 15) is 4.79 Å². The first-order valence-electron chi connectivity index (χ1n) is 6.56. The fourth-order valence-corrected chi connectivity index (χ4v) is 2.67. The van der Waals surface area contributed by atoms with Crippen molar-refractivity contribution in [1.82, 2.24) is 4.98 Å². The van der Waals surface area contributed by atoms with E-state index in [1.807, 2.05) is 49.4 Å². The molecule has 0 aliphatic rings. The zero-order valence-corrected chi connectivity index (χ0v) is 13.6. The maximum Gasteiger partial charge on any atom is 0.257 e. The Morgan fingerprint density at radius 2 is 1.95 bits per heavy atom. The molecule has 0 saturated heterocycles. The minimum absolute atomic E-state index is 0.140. The standard InChI is InChI=1S/C17H13IN2O/c1-11-7-8-13(10-15(11)18)20-17(21)14-6-2-4-12-5-3-9-19-16(12)14/h2-10H,1H3,(H,20,21). The Kier molecular flexibility index (Phi) is 3.88. The van der Waals surface area contributed by atoms with E-state index in [4.69, 9.17) is 0 Å². The number of halogens is 1. The number of nitrogens with one attached hydrogen (secondary N) is 1. The van der Waals surface area contributed by atoms with E-state index in [0.29, 0.717) is 5.56 Å². The lowest BCUT2D eigenvalue weighted by Gasteiger charge is -2.08. The van der Waals surface area contributed by atoms with Gasteiger partial charge in [0.05, 0.1) is 11.1 Å². The lowest BCUT2D eigenvalue weighted by Crippen LogP contribution is -2.13. The van der Waals surface area contributed by atoms with E-state index in [1.54, 1.807) is 12.3 Å². The molecule has 0 unspecified atom stereocenters. The number of rotatable bonds is 2. The molecular weight excluding hydrogens is 375 g/mol. The third-order valence-electron chi connectivity index (χ3n) is 3.31. The van der Waals surface area contributed by atoms with Gasteiger partial charge in [0.15, 0.2) is 0 Å². The number of nitrogens with zero attached hydrogens (tertiary/aromatic N) is 1. The van der Waals surface area contributed by atoms with Crippen LogP contribution in [0.5, 0.6) is 0 Å². The van der Waals surface area contributed by atoms with Crippen LogP contribution in [0.25, 0.3) is 10.9 Å². The number of amides is 1. The summed E-state index contributed by atoms with van der Waals surface area (Å²) in [5.41, 5.74) is 3.30. The van der Waals surface area contributed by atoms with Crippen LogP contribution in [-0.4, -0.2) is 10.9 Å². The fraction of sp³-hybridized carbons (Fsp3) is 0.0588. The molecule has 0 fully saturated rings. The van der Waals surface area contributed by atoms with Gasteiger partial charge in [0.25, 0.3) is 5.91 Å². The van der Waals surface area contributed by atoms with Gasteiger partial charge in [-0.15, -0.1) is 0 Å². The maximum absolute atomic E-state index is 12.5. The van der Waals surface area contributed by atoms with E-state index < -0.39 is 0 Å². The van der Waals surface area contributed by atoms with Crippen LogP contribution >= 0.6 is 22.6 Å². The molecule has 3 aromatic rings. The summed E-state index contributed by atoms with van der Waals surface area (Å²) in [7, 11) is 0. The zero-order valence-electron chi connectivity index (χ0n) is 11.4. The highest BCUT2D eigenvalue weighted by Gasteiger charge is 2.11. The predicted molar refractivity (Wildman–Crippen MR) is 93.6 cm³/mol. The molecule has 0 radical (unpaired) electrons. The molecule has 21 heavy (non-hydrogen) atoms. The Bertz CT molecular complexity index is 825. The van der Waals surface area contributed by atoms with Gasteiger partial charge in [-0.1, -0.05) is 24.3 Å². The summed E-state index contributed by atoms with van der Waals surface area (Å²) < 4.78 is 1.13. The van der Waals surface area contributed by atoms with Crippen molar-refractivity contribution in [1.29, 1.82) is 0 Å². The molecule has 1 amide bonds. The average molecular weight is 388 g/mol. The van der Waals surface area contributed by atoms with E-state index in [-0.39, 0.29) is 5.91 Å². The molecule has 1 aromatic heterocycles. The number of aromatic nitrogens is 1. The molecule has 1 N–H and O–H groups in total. The van der Waals surface area contributed by atoms with Crippen LogP contribution in [0.4, 0.5) is 5.69 Å². The Labute approximate surface area is 136 Å². The molecule has 2 aromatic carbocycles. The second kappa shape index (κ2) is 5.81. The highest BCUT2D eigenvalue weighted by atomic mass is 127. The molecule has 3 rings (SSSR count). The van der Waals surface area contributed by atoms with Crippen molar-refractivity contribution < 1.29 is 4.79 Å². The second-order valence-electron chi connectivity index (χ2n) is 4.80. The molecule has 1 heterocycles. The topological polar surface area (TPSA) is 42.0 Å². The maximum atomic E-state index is 12.5. The van der Waals surface area contributed by atoms with Gasteiger partial charge in [-0.2, -0.15) is 0 Å². The van der Waals surface area contributed by atoms with Gasteiger partial charge in [0, 0.05) is 20.8 Å². The van der Waals surface area contributed by atoms with Crippen molar-refractivity contribution in [3.63, 3.8) is 0 Å². The van der Waals surface area contributed by atoms with E-state index in [0.717, 1.165) is 20.2 Å². The van der Waals surface area contributed by atoms with Crippen LogP contribution in [0.1, 0.15) is 15.9 Å². The molecular formula is C17H13IN2O. The first-order valence-corrected chi connectivity index (χ1v) is 7.64. The van der Waals surface area contributed by atoms with E-state index in [1.165, 1.54) is 5.56 Å². The summed E-state index contributed by atoms with van der Waals surface area (Å²) >= 11 is 2.26. The predicted octanol–water partition coefficient (Wildman–Crippen LogP) is 4.40. The second-order valence-corrected chi connectivity index (χ2v) is 5.96. The number of hydrogen-bond donors (Lipinski definition) is 1. The number of carbonyl (C=O) groups is 1. The summed E-state index contributed by atoms with van der Waals surface area (Å²) in [6.07, 6.45) is 1.70. The van der Waals surface area contributed by atoms with Gasteiger partial charge >= 0.3 is 0 Å². The first kappa shape index (κ1) is 14.0.